The van der Waals surface area contributed by atoms with Gasteiger partial charge in [0, 0.05) is 23.8 Å². The van der Waals surface area contributed by atoms with Crippen molar-refractivity contribution in [2.75, 3.05) is 0 Å². The number of nitrogens with two attached hydrogens (primary N) is 1. The minimum absolute atomic E-state index is 0.0927. The van der Waals surface area contributed by atoms with Crippen LogP contribution in [0.3, 0.4) is 0 Å². The number of fused-ring (bicyclic) bond motifs is 1. The van der Waals surface area contributed by atoms with Crippen LogP contribution in [0.4, 0.5) is 0 Å². The number of benzene rings is 1. The Labute approximate surface area is 116 Å². The van der Waals surface area contributed by atoms with E-state index in [4.69, 9.17) is 5.73 Å². The predicted octanol–water partition coefficient (Wildman–Crippen LogP) is 4.45. The number of aromatic nitrogens is 1. The topological polar surface area (TPSA) is 38.9 Å². The van der Waals surface area contributed by atoms with Crippen molar-refractivity contribution in [3.8, 4) is 0 Å². The van der Waals surface area contributed by atoms with Gasteiger partial charge in [-0.05, 0) is 23.3 Å². The Bertz CT molecular complexity index is 516. The molecule has 2 nitrogen and oxygen atoms in total. The third-order valence-corrected chi connectivity index (χ3v) is 4.02. The number of rotatable bonds is 6. The fraction of sp³-hybridized carbons (Fsp3) is 0.471. The van der Waals surface area contributed by atoms with Gasteiger partial charge in [0.15, 0.2) is 0 Å². The molecule has 0 saturated carbocycles. The van der Waals surface area contributed by atoms with E-state index in [2.05, 4.69) is 37.0 Å². The molecule has 0 saturated heterocycles. The third kappa shape index (κ3) is 3.13. The van der Waals surface area contributed by atoms with Crippen molar-refractivity contribution in [2.24, 2.45) is 11.7 Å². The normalized spacial score (nSPS) is 14.5. The molecule has 0 bridgehead atoms. The van der Waals surface area contributed by atoms with E-state index in [1.165, 1.54) is 35.6 Å². The van der Waals surface area contributed by atoms with Gasteiger partial charge in [0.2, 0.25) is 0 Å². The lowest BCUT2D eigenvalue weighted by Gasteiger charge is -2.23. The highest BCUT2D eigenvalue weighted by Crippen LogP contribution is 2.30. The van der Waals surface area contributed by atoms with Gasteiger partial charge in [-0.1, -0.05) is 57.4 Å². The van der Waals surface area contributed by atoms with E-state index in [1.807, 2.05) is 18.5 Å². The van der Waals surface area contributed by atoms with Crippen molar-refractivity contribution < 1.29 is 0 Å². The van der Waals surface area contributed by atoms with E-state index in [-0.39, 0.29) is 6.04 Å². The van der Waals surface area contributed by atoms with E-state index in [0.29, 0.717) is 5.92 Å². The molecule has 2 rings (SSSR count). The van der Waals surface area contributed by atoms with Gasteiger partial charge < -0.3 is 5.73 Å². The summed E-state index contributed by atoms with van der Waals surface area (Å²) in [6.45, 7) is 4.47. The molecule has 1 aromatic heterocycles. The van der Waals surface area contributed by atoms with Crippen LogP contribution in [0.2, 0.25) is 0 Å². The van der Waals surface area contributed by atoms with E-state index < -0.39 is 0 Å². The maximum absolute atomic E-state index is 6.52. The lowest BCUT2D eigenvalue weighted by Crippen LogP contribution is -2.21. The van der Waals surface area contributed by atoms with Crippen LogP contribution in [0.25, 0.3) is 10.8 Å². The molecule has 2 N–H and O–H groups in total. The molecule has 102 valence electrons. The second kappa shape index (κ2) is 6.67. The highest BCUT2D eigenvalue weighted by Gasteiger charge is 2.19. The summed E-state index contributed by atoms with van der Waals surface area (Å²) in [4.78, 5) is 4.35. The molecular weight excluding hydrogens is 232 g/mol. The van der Waals surface area contributed by atoms with Crippen LogP contribution in [0, 0.1) is 5.92 Å². The second-order valence-corrected chi connectivity index (χ2v) is 5.29. The third-order valence-electron chi connectivity index (χ3n) is 4.02. The van der Waals surface area contributed by atoms with Crippen molar-refractivity contribution in [1.29, 1.82) is 0 Å². The van der Waals surface area contributed by atoms with Crippen molar-refractivity contribution in [2.45, 2.75) is 45.6 Å². The lowest BCUT2D eigenvalue weighted by molar-refractivity contribution is 0.379. The molecule has 2 unspecified atom stereocenters. The van der Waals surface area contributed by atoms with Crippen LogP contribution in [-0.4, -0.2) is 4.98 Å². The van der Waals surface area contributed by atoms with Gasteiger partial charge in [-0.2, -0.15) is 0 Å². The average Bonchev–Trinajstić information content (AvgIpc) is 2.47. The zero-order valence-electron chi connectivity index (χ0n) is 12.0. The smallest absolute Gasteiger partial charge is 0.0346 e. The van der Waals surface area contributed by atoms with E-state index in [1.54, 1.807) is 0 Å². The Morgan fingerprint density at radius 3 is 2.68 bits per heavy atom. The number of hydrogen-bond donors (Lipinski definition) is 1. The summed E-state index contributed by atoms with van der Waals surface area (Å²) in [6.07, 6.45) is 8.68. The first-order chi connectivity index (χ1) is 9.27. The predicted molar refractivity (Wildman–Crippen MR) is 82.0 cm³/mol. The highest BCUT2D eigenvalue weighted by atomic mass is 14.7. The Balaban J connectivity index is 2.31. The molecule has 0 radical (unpaired) electrons. The molecular formula is C17H24N2. The van der Waals surface area contributed by atoms with Crippen LogP contribution in [0.1, 0.15) is 51.1 Å². The second-order valence-electron chi connectivity index (χ2n) is 5.29. The summed E-state index contributed by atoms with van der Waals surface area (Å²) in [6, 6.07) is 8.47. The molecule has 0 amide bonds. The average molecular weight is 256 g/mol. The number of unbranched alkanes of at least 4 members (excludes halogenated alkanes) is 1. The molecule has 2 heteroatoms. The van der Waals surface area contributed by atoms with Crippen LogP contribution >= 0.6 is 0 Å². The summed E-state index contributed by atoms with van der Waals surface area (Å²) in [5.41, 5.74) is 7.71. The van der Waals surface area contributed by atoms with Crippen LogP contribution in [0.15, 0.2) is 36.7 Å². The zero-order chi connectivity index (χ0) is 13.7. The Morgan fingerprint density at radius 1 is 1.16 bits per heavy atom. The van der Waals surface area contributed by atoms with Crippen molar-refractivity contribution in [1.82, 2.24) is 4.98 Å². The largest absolute Gasteiger partial charge is 0.324 e. The molecule has 1 heterocycles. The quantitative estimate of drug-likeness (QED) is 0.829. The van der Waals surface area contributed by atoms with Gasteiger partial charge in [-0.15, -0.1) is 0 Å². The Hall–Kier alpha value is -1.41. The fourth-order valence-electron chi connectivity index (χ4n) is 2.76. The van der Waals surface area contributed by atoms with Crippen molar-refractivity contribution in [3.63, 3.8) is 0 Å². The maximum Gasteiger partial charge on any atom is 0.0346 e. The van der Waals surface area contributed by atoms with Crippen molar-refractivity contribution >= 4 is 10.8 Å². The van der Waals surface area contributed by atoms with Gasteiger partial charge in [0.1, 0.15) is 0 Å². The fourth-order valence-corrected chi connectivity index (χ4v) is 2.76. The maximum atomic E-state index is 6.52. The first kappa shape index (κ1) is 14.0. The van der Waals surface area contributed by atoms with Crippen LogP contribution in [-0.2, 0) is 0 Å². The minimum Gasteiger partial charge on any atom is -0.324 e. The summed E-state index contributed by atoms with van der Waals surface area (Å²) in [5, 5.41) is 2.43. The van der Waals surface area contributed by atoms with Crippen molar-refractivity contribution in [3.05, 3.63) is 42.2 Å². The molecule has 2 atom stereocenters. The van der Waals surface area contributed by atoms with Gasteiger partial charge in [0.25, 0.3) is 0 Å². The van der Waals surface area contributed by atoms with E-state index in [9.17, 15) is 0 Å². The summed E-state index contributed by atoms with van der Waals surface area (Å²) < 4.78 is 0. The number of pyridine rings is 1. The molecule has 19 heavy (non-hydrogen) atoms. The minimum atomic E-state index is 0.0927. The van der Waals surface area contributed by atoms with E-state index in [0.717, 1.165) is 6.42 Å². The van der Waals surface area contributed by atoms with Gasteiger partial charge in [-0.3, -0.25) is 4.98 Å². The number of nitrogens with zero attached hydrogens (tertiary/aromatic N) is 1. The van der Waals surface area contributed by atoms with E-state index >= 15 is 0 Å². The summed E-state index contributed by atoms with van der Waals surface area (Å²) >= 11 is 0. The summed E-state index contributed by atoms with van der Waals surface area (Å²) in [5.74, 6) is 0.549. The monoisotopic (exact) mass is 256 g/mol. The molecule has 0 spiro atoms. The SMILES string of the molecule is CCCCC(CC)C(N)c1cncc2ccccc12. The molecule has 0 aliphatic carbocycles. The Morgan fingerprint density at radius 2 is 1.95 bits per heavy atom. The highest BCUT2D eigenvalue weighted by molar-refractivity contribution is 5.85. The van der Waals surface area contributed by atoms with Gasteiger partial charge >= 0.3 is 0 Å². The molecule has 1 aromatic carbocycles. The molecule has 0 fully saturated rings. The molecule has 0 aliphatic heterocycles. The van der Waals surface area contributed by atoms with Crippen LogP contribution in [0.5, 0.6) is 0 Å². The van der Waals surface area contributed by atoms with Crippen LogP contribution < -0.4 is 5.73 Å². The number of hydrogen-bond acceptors (Lipinski definition) is 2. The zero-order valence-corrected chi connectivity index (χ0v) is 12.0. The van der Waals surface area contributed by atoms with Gasteiger partial charge in [-0.25, -0.2) is 0 Å². The lowest BCUT2D eigenvalue weighted by atomic mass is 9.86. The Kier molecular flexibility index (Phi) is 4.92. The van der Waals surface area contributed by atoms with Gasteiger partial charge in [0.05, 0.1) is 0 Å². The first-order valence-corrected chi connectivity index (χ1v) is 7.36. The molecule has 0 aliphatic rings. The standard InChI is InChI=1S/C17H24N2/c1-3-5-8-13(4-2)17(18)16-12-19-11-14-9-6-7-10-15(14)16/h6-7,9-13,17H,3-5,8,18H2,1-2H3. The first-order valence-electron chi connectivity index (χ1n) is 7.36. The summed E-state index contributed by atoms with van der Waals surface area (Å²) in [7, 11) is 0. The molecule has 2 aromatic rings.